The van der Waals surface area contributed by atoms with Crippen LogP contribution in [0.1, 0.15) is 62.6 Å². The van der Waals surface area contributed by atoms with E-state index in [4.69, 9.17) is 9.47 Å². The Balaban J connectivity index is 1.30. The van der Waals surface area contributed by atoms with Crippen LogP contribution in [-0.2, 0) is 16.0 Å². The molecule has 1 aliphatic carbocycles. The smallest absolute Gasteiger partial charge is 0.309 e. The average Bonchev–Trinajstić information content (AvgIpc) is 2.92. The van der Waals surface area contributed by atoms with Gasteiger partial charge in [-0.3, -0.25) is 4.79 Å². The van der Waals surface area contributed by atoms with E-state index < -0.39 is 0 Å². The number of nitriles is 1. The first-order valence-electron chi connectivity index (χ1n) is 12.7. The number of allylic oxidation sites excluding steroid dienone is 2. The van der Waals surface area contributed by atoms with Crippen LogP contribution in [-0.4, -0.2) is 42.2 Å². The Bertz CT molecular complexity index is 1080. The Morgan fingerprint density at radius 1 is 1.17 bits per heavy atom. The van der Waals surface area contributed by atoms with Gasteiger partial charge in [-0.15, -0.1) is 0 Å². The number of piperidine rings is 1. The standard InChI is InChI=1S/C28H34N4O3/c1-3-20-17-30-28(31-18-20)32-13-11-21(12-14-32)19-35-26-10-9-24(15-25(26)16-29)22-5-7-23(8-6-22)27(33)34-4-2/h5,9-10,15,17-18,21,23H,3-4,6-8,11-14,19H2,1-2H3. The minimum absolute atomic E-state index is 0.0644. The van der Waals surface area contributed by atoms with Gasteiger partial charge in [0.25, 0.3) is 0 Å². The highest BCUT2D eigenvalue weighted by molar-refractivity contribution is 5.76. The first-order chi connectivity index (χ1) is 17.1. The van der Waals surface area contributed by atoms with Gasteiger partial charge in [-0.05, 0) is 80.2 Å². The predicted octanol–water partition coefficient (Wildman–Crippen LogP) is 4.95. The van der Waals surface area contributed by atoms with Crippen molar-refractivity contribution in [2.24, 2.45) is 11.8 Å². The van der Waals surface area contributed by atoms with Crippen LogP contribution in [0.2, 0.25) is 0 Å². The fourth-order valence-corrected chi connectivity index (χ4v) is 4.71. The first kappa shape index (κ1) is 24.7. The maximum absolute atomic E-state index is 12.0. The van der Waals surface area contributed by atoms with E-state index in [2.05, 4.69) is 33.9 Å². The number of hydrogen-bond acceptors (Lipinski definition) is 7. The van der Waals surface area contributed by atoms with Gasteiger partial charge in [-0.1, -0.05) is 19.1 Å². The molecule has 7 heteroatoms. The molecule has 0 spiro atoms. The maximum Gasteiger partial charge on any atom is 0.309 e. The molecule has 2 aliphatic rings. The second-order valence-corrected chi connectivity index (χ2v) is 9.26. The Labute approximate surface area is 207 Å². The Hall–Kier alpha value is -3.40. The third-order valence-corrected chi connectivity index (χ3v) is 6.97. The van der Waals surface area contributed by atoms with E-state index in [0.29, 0.717) is 36.9 Å². The number of benzene rings is 1. The number of aromatic nitrogens is 2. The van der Waals surface area contributed by atoms with E-state index in [1.54, 1.807) is 0 Å². The van der Waals surface area contributed by atoms with Crippen LogP contribution in [0, 0.1) is 23.2 Å². The molecule has 7 nitrogen and oxygen atoms in total. The lowest BCUT2D eigenvalue weighted by Crippen LogP contribution is -2.36. The lowest BCUT2D eigenvalue weighted by molar-refractivity contribution is -0.148. The van der Waals surface area contributed by atoms with Crippen molar-refractivity contribution in [2.75, 3.05) is 31.2 Å². The van der Waals surface area contributed by atoms with Crippen LogP contribution in [0.5, 0.6) is 5.75 Å². The molecule has 1 fully saturated rings. The van der Waals surface area contributed by atoms with E-state index >= 15 is 0 Å². The molecule has 1 unspecified atom stereocenters. The van der Waals surface area contributed by atoms with Gasteiger partial charge < -0.3 is 14.4 Å². The number of carbonyl (C=O) groups is 1. The molecule has 184 valence electrons. The van der Waals surface area contributed by atoms with Gasteiger partial charge in [0.05, 0.1) is 24.7 Å². The molecule has 0 amide bonds. The zero-order chi connectivity index (χ0) is 24.6. The monoisotopic (exact) mass is 474 g/mol. The summed E-state index contributed by atoms with van der Waals surface area (Å²) in [4.78, 5) is 23.2. The summed E-state index contributed by atoms with van der Waals surface area (Å²) < 4.78 is 11.3. The number of nitrogens with zero attached hydrogens (tertiary/aromatic N) is 4. The highest BCUT2D eigenvalue weighted by atomic mass is 16.5. The fourth-order valence-electron chi connectivity index (χ4n) is 4.71. The van der Waals surface area contributed by atoms with Crippen molar-refractivity contribution in [1.29, 1.82) is 5.26 Å². The van der Waals surface area contributed by atoms with Crippen molar-refractivity contribution < 1.29 is 14.3 Å². The van der Waals surface area contributed by atoms with Gasteiger partial charge >= 0.3 is 5.97 Å². The highest BCUT2D eigenvalue weighted by Crippen LogP contribution is 2.33. The largest absolute Gasteiger partial charge is 0.492 e. The van der Waals surface area contributed by atoms with E-state index in [9.17, 15) is 10.1 Å². The van der Waals surface area contributed by atoms with Crippen molar-refractivity contribution >= 4 is 17.5 Å². The Kier molecular flexibility index (Phi) is 8.36. The van der Waals surface area contributed by atoms with Gasteiger partial charge in [0.1, 0.15) is 11.8 Å². The van der Waals surface area contributed by atoms with Gasteiger partial charge in [-0.2, -0.15) is 5.26 Å². The highest BCUT2D eigenvalue weighted by Gasteiger charge is 2.24. The fraction of sp³-hybridized carbons (Fsp3) is 0.500. The molecule has 2 heterocycles. The molecular formula is C28H34N4O3. The molecule has 1 saturated heterocycles. The summed E-state index contributed by atoms with van der Waals surface area (Å²) in [5.41, 5.74) is 3.91. The molecule has 1 aliphatic heterocycles. The normalized spacial score (nSPS) is 18.5. The molecule has 0 bridgehead atoms. The molecule has 1 aromatic carbocycles. The molecule has 4 rings (SSSR count). The van der Waals surface area contributed by atoms with Crippen molar-refractivity contribution in [3.05, 3.63) is 53.4 Å². The summed E-state index contributed by atoms with van der Waals surface area (Å²) in [6.45, 7) is 6.76. The number of ether oxygens (including phenoxy) is 2. The zero-order valence-corrected chi connectivity index (χ0v) is 20.7. The van der Waals surface area contributed by atoms with Gasteiger partial charge in [0.15, 0.2) is 0 Å². The van der Waals surface area contributed by atoms with Crippen LogP contribution in [0.4, 0.5) is 5.95 Å². The summed E-state index contributed by atoms with van der Waals surface area (Å²) in [6, 6.07) is 8.13. The molecular weight excluding hydrogens is 440 g/mol. The Morgan fingerprint density at radius 3 is 2.57 bits per heavy atom. The number of esters is 1. The predicted molar refractivity (Wildman–Crippen MR) is 135 cm³/mol. The second kappa shape index (κ2) is 11.8. The number of carbonyl (C=O) groups excluding carboxylic acids is 1. The summed E-state index contributed by atoms with van der Waals surface area (Å²) in [7, 11) is 0. The first-order valence-corrected chi connectivity index (χ1v) is 12.7. The Morgan fingerprint density at radius 2 is 1.94 bits per heavy atom. The van der Waals surface area contributed by atoms with Crippen LogP contribution in [0.3, 0.4) is 0 Å². The van der Waals surface area contributed by atoms with E-state index in [1.807, 2.05) is 37.5 Å². The van der Waals surface area contributed by atoms with Crippen molar-refractivity contribution in [3.8, 4) is 11.8 Å². The summed E-state index contributed by atoms with van der Waals surface area (Å²) in [5, 5.41) is 9.72. The topological polar surface area (TPSA) is 88.3 Å². The van der Waals surface area contributed by atoms with Crippen molar-refractivity contribution in [3.63, 3.8) is 0 Å². The van der Waals surface area contributed by atoms with E-state index in [-0.39, 0.29) is 11.9 Å². The van der Waals surface area contributed by atoms with Crippen LogP contribution in [0.25, 0.3) is 5.57 Å². The minimum Gasteiger partial charge on any atom is -0.492 e. The maximum atomic E-state index is 12.0. The molecule has 0 radical (unpaired) electrons. The molecule has 2 aromatic rings. The second-order valence-electron chi connectivity index (χ2n) is 9.26. The summed E-state index contributed by atoms with van der Waals surface area (Å²) >= 11 is 0. The number of rotatable bonds is 8. The molecule has 1 atom stereocenters. The quantitative estimate of drug-likeness (QED) is 0.500. The van der Waals surface area contributed by atoms with Crippen LogP contribution in [0.15, 0.2) is 36.7 Å². The van der Waals surface area contributed by atoms with Gasteiger partial charge in [0.2, 0.25) is 5.95 Å². The summed E-state index contributed by atoms with van der Waals surface area (Å²) in [6.07, 6.45) is 11.1. The van der Waals surface area contributed by atoms with Gasteiger partial charge in [-0.25, -0.2) is 9.97 Å². The number of anilines is 1. The SMILES string of the molecule is CCOC(=O)C1CC=C(c2ccc(OCC3CCN(c4ncc(CC)cn4)CC3)c(C#N)c2)CC1. The average molecular weight is 475 g/mol. The molecule has 35 heavy (non-hydrogen) atoms. The van der Waals surface area contributed by atoms with Gasteiger partial charge in [0, 0.05) is 25.5 Å². The van der Waals surface area contributed by atoms with Crippen LogP contribution >= 0.6 is 0 Å². The summed E-state index contributed by atoms with van der Waals surface area (Å²) in [5.74, 6) is 1.70. The van der Waals surface area contributed by atoms with E-state index in [0.717, 1.165) is 62.3 Å². The van der Waals surface area contributed by atoms with E-state index in [1.165, 1.54) is 5.57 Å². The van der Waals surface area contributed by atoms with Crippen LogP contribution < -0.4 is 9.64 Å². The zero-order valence-electron chi connectivity index (χ0n) is 20.7. The molecule has 1 aromatic heterocycles. The number of hydrogen-bond donors (Lipinski definition) is 0. The third kappa shape index (κ3) is 6.19. The molecule has 0 saturated carbocycles. The van der Waals surface area contributed by atoms with Crippen molar-refractivity contribution in [1.82, 2.24) is 9.97 Å². The third-order valence-electron chi connectivity index (χ3n) is 6.97. The minimum atomic E-state index is -0.114. The molecule has 0 N–H and O–H groups in total. The number of aryl methyl sites for hydroxylation is 1. The van der Waals surface area contributed by atoms with Crippen molar-refractivity contribution in [2.45, 2.75) is 52.4 Å². The lowest BCUT2D eigenvalue weighted by Gasteiger charge is -2.31. The lowest BCUT2D eigenvalue weighted by atomic mass is 9.86.